The van der Waals surface area contributed by atoms with Gasteiger partial charge in [-0.2, -0.15) is 0 Å². The van der Waals surface area contributed by atoms with E-state index >= 15 is 0 Å². The average molecular weight is 654 g/mol. The zero-order chi connectivity index (χ0) is 33.7. The van der Waals surface area contributed by atoms with Crippen LogP contribution in [0.5, 0.6) is 0 Å². The lowest BCUT2D eigenvalue weighted by molar-refractivity contribution is 0.669. The summed E-state index contributed by atoms with van der Waals surface area (Å²) >= 11 is 0. The van der Waals surface area contributed by atoms with Crippen molar-refractivity contribution >= 4 is 43.7 Å². The summed E-state index contributed by atoms with van der Waals surface area (Å²) < 4.78 is 6.57. The molecule has 6 nitrogen and oxygen atoms in total. The summed E-state index contributed by atoms with van der Waals surface area (Å²) in [6.07, 6.45) is 3.50. The van der Waals surface area contributed by atoms with Crippen LogP contribution in [0.3, 0.4) is 0 Å². The van der Waals surface area contributed by atoms with Gasteiger partial charge in [-0.1, -0.05) is 127 Å². The molecule has 0 bridgehead atoms. The molecule has 0 aliphatic rings. The van der Waals surface area contributed by atoms with E-state index in [0.717, 1.165) is 82.7 Å². The second-order valence-electron chi connectivity index (χ2n) is 12.5. The van der Waals surface area contributed by atoms with Crippen LogP contribution in [0.2, 0.25) is 0 Å². The number of furan rings is 1. The molecule has 0 aliphatic carbocycles. The summed E-state index contributed by atoms with van der Waals surface area (Å²) in [5.41, 5.74) is 10.2. The normalized spacial score (nSPS) is 11.5. The standard InChI is InChI=1S/C45H27N5O/c1-3-11-30(12-4-1)43-48-44(31-13-5-2-6-14-31)50-45(49-43)37-26-33(25-36-35-17-9-10-18-39(35)51-42(36)37)28-19-21-29(22-20-28)40-34-16-8-7-15-32(34)27-38-41(40)47-24-23-46-38/h1-27H. The summed E-state index contributed by atoms with van der Waals surface area (Å²) in [7, 11) is 0. The first-order valence-corrected chi connectivity index (χ1v) is 16.8. The fourth-order valence-corrected chi connectivity index (χ4v) is 6.98. The first-order chi connectivity index (χ1) is 25.3. The Bertz CT molecular complexity index is 2790. The van der Waals surface area contributed by atoms with E-state index in [2.05, 4.69) is 77.8 Å². The number of para-hydroxylation sites is 1. The third-order valence-corrected chi connectivity index (χ3v) is 9.41. The Morgan fingerprint density at radius 2 is 1.02 bits per heavy atom. The first-order valence-electron chi connectivity index (χ1n) is 16.8. The molecule has 0 amide bonds. The van der Waals surface area contributed by atoms with Crippen molar-refractivity contribution < 1.29 is 4.42 Å². The SMILES string of the molecule is c1ccc(-c2nc(-c3ccccc3)nc(-c3cc(-c4ccc(-c5c6ccccc6cc6nccnc56)cc4)cc4c3oc3ccccc34)n2)cc1. The number of nitrogens with zero attached hydrogens (tertiary/aromatic N) is 5. The number of hydrogen-bond donors (Lipinski definition) is 0. The highest BCUT2D eigenvalue weighted by molar-refractivity contribution is 6.12. The molecule has 3 heterocycles. The number of benzene rings is 7. The third-order valence-electron chi connectivity index (χ3n) is 9.41. The Kier molecular flexibility index (Phi) is 6.70. The number of hydrogen-bond acceptors (Lipinski definition) is 6. The third kappa shape index (κ3) is 5.01. The van der Waals surface area contributed by atoms with Crippen LogP contribution in [0.15, 0.2) is 168 Å². The number of fused-ring (bicyclic) bond motifs is 5. The fourth-order valence-electron chi connectivity index (χ4n) is 6.98. The van der Waals surface area contributed by atoms with Crippen LogP contribution in [0.4, 0.5) is 0 Å². The minimum Gasteiger partial charge on any atom is -0.455 e. The van der Waals surface area contributed by atoms with Crippen molar-refractivity contribution in [3.05, 3.63) is 164 Å². The summed E-state index contributed by atoms with van der Waals surface area (Å²) in [4.78, 5) is 24.5. The average Bonchev–Trinajstić information content (AvgIpc) is 3.59. The van der Waals surface area contributed by atoms with Crippen molar-refractivity contribution in [3.8, 4) is 56.4 Å². The Morgan fingerprint density at radius 3 is 1.76 bits per heavy atom. The molecule has 0 unspecified atom stereocenters. The molecule has 3 aromatic heterocycles. The van der Waals surface area contributed by atoms with Gasteiger partial charge in [0.2, 0.25) is 0 Å². The zero-order valence-electron chi connectivity index (χ0n) is 27.2. The molecule has 0 fully saturated rings. The number of aromatic nitrogens is 5. The summed E-state index contributed by atoms with van der Waals surface area (Å²) in [6, 6.07) is 51.7. The molecule has 7 aromatic carbocycles. The van der Waals surface area contributed by atoms with Crippen LogP contribution in [0.1, 0.15) is 0 Å². The Morgan fingerprint density at radius 1 is 0.412 bits per heavy atom. The van der Waals surface area contributed by atoms with E-state index in [1.807, 2.05) is 78.9 Å². The Labute approximate surface area is 292 Å². The van der Waals surface area contributed by atoms with E-state index in [1.54, 1.807) is 12.4 Å². The predicted octanol–water partition coefficient (Wildman–Crippen LogP) is 11.2. The topological polar surface area (TPSA) is 77.6 Å². The van der Waals surface area contributed by atoms with E-state index in [0.29, 0.717) is 17.5 Å². The molecule has 0 saturated heterocycles. The maximum Gasteiger partial charge on any atom is 0.167 e. The summed E-state index contributed by atoms with van der Waals surface area (Å²) in [5.74, 6) is 1.75. The molecular weight excluding hydrogens is 627 g/mol. The highest BCUT2D eigenvalue weighted by atomic mass is 16.3. The molecule has 0 aliphatic heterocycles. The molecule has 0 spiro atoms. The summed E-state index contributed by atoms with van der Waals surface area (Å²) in [6.45, 7) is 0. The van der Waals surface area contributed by atoms with Gasteiger partial charge in [0.15, 0.2) is 17.5 Å². The minimum absolute atomic E-state index is 0.547. The van der Waals surface area contributed by atoms with Crippen molar-refractivity contribution in [2.24, 2.45) is 0 Å². The molecule has 238 valence electrons. The van der Waals surface area contributed by atoms with Crippen molar-refractivity contribution in [2.45, 2.75) is 0 Å². The van der Waals surface area contributed by atoms with E-state index in [-0.39, 0.29) is 0 Å². The van der Waals surface area contributed by atoms with Crippen LogP contribution in [-0.4, -0.2) is 24.9 Å². The highest BCUT2D eigenvalue weighted by Gasteiger charge is 2.20. The van der Waals surface area contributed by atoms with Crippen LogP contribution >= 0.6 is 0 Å². The van der Waals surface area contributed by atoms with Gasteiger partial charge in [-0.3, -0.25) is 9.97 Å². The van der Waals surface area contributed by atoms with Crippen molar-refractivity contribution in [1.29, 1.82) is 0 Å². The molecule has 6 heteroatoms. The Hall–Kier alpha value is -7.05. The molecule has 0 N–H and O–H groups in total. The monoisotopic (exact) mass is 653 g/mol. The molecule has 10 rings (SSSR count). The molecule has 0 atom stereocenters. The lowest BCUT2D eigenvalue weighted by Gasteiger charge is -2.12. The van der Waals surface area contributed by atoms with E-state index in [9.17, 15) is 0 Å². The van der Waals surface area contributed by atoms with Gasteiger partial charge in [0, 0.05) is 39.9 Å². The maximum atomic E-state index is 6.57. The van der Waals surface area contributed by atoms with Gasteiger partial charge in [0.05, 0.1) is 16.6 Å². The van der Waals surface area contributed by atoms with Gasteiger partial charge in [0.1, 0.15) is 11.2 Å². The van der Waals surface area contributed by atoms with Gasteiger partial charge in [-0.25, -0.2) is 15.0 Å². The second kappa shape index (κ2) is 11.8. The lowest BCUT2D eigenvalue weighted by Crippen LogP contribution is -2.00. The highest BCUT2D eigenvalue weighted by Crippen LogP contribution is 2.41. The zero-order valence-corrected chi connectivity index (χ0v) is 27.2. The molecular formula is C45H27N5O. The second-order valence-corrected chi connectivity index (χ2v) is 12.5. The maximum absolute atomic E-state index is 6.57. The van der Waals surface area contributed by atoms with Crippen molar-refractivity contribution in [2.75, 3.05) is 0 Å². The van der Waals surface area contributed by atoms with Gasteiger partial charge in [-0.05, 0) is 51.7 Å². The van der Waals surface area contributed by atoms with Gasteiger partial charge >= 0.3 is 0 Å². The fraction of sp³-hybridized carbons (Fsp3) is 0. The van der Waals surface area contributed by atoms with Crippen LogP contribution in [-0.2, 0) is 0 Å². The number of rotatable bonds is 5. The largest absolute Gasteiger partial charge is 0.455 e. The van der Waals surface area contributed by atoms with E-state index in [4.69, 9.17) is 24.4 Å². The molecule has 51 heavy (non-hydrogen) atoms. The molecule has 10 aromatic rings. The smallest absolute Gasteiger partial charge is 0.167 e. The van der Waals surface area contributed by atoms with Gasteiger partial charge in [-0.15, -0.1) is 0 Å². The van der Waals surface area contributed by atoms with Crippen molar-refractivity contribution in [1.82, 2.24) is 24.9 Å². The van der Waals surface area contributed by atoms with Crippen LogP contribution in [0, 0.1) is 0 Å². The lowest BCUT2D eigenvalue weighted by atomic mass is 9.93. The van der Waals surface area contributed by atoms with Crippen LogP contribution in [0.25, 0.3) is 100 Å². The summed E-state index contributed by atoms with van der Waals surface area (Å²) in [5, 5.41) is 4.31. The molecule has 0 saturated carbocycles. The predicted molar refractivity (Wildman–Crippen MR) is 205 cm³/mol. The van der Waals surface area contributed by atoms with E-state index in [1.165, 1.54) is 0 Å². The Balaban J connectivity index is 1.18. The van der Waals surface area contributed by atoms with Gasteiger partial charge < -0.3 is 4.42 Å². The molecule has 0 radical (unpaired) electrons. The van der Waals surface area contributed by atoms with Crippen molar-refractivity contribution in [3.63, 3.8) is 0 Å². The van der Waals surface area contributed by atoms with Gasteiger partial charge in [0.25, 0.3) is 0 Å². The minimum atomic E-state index is 0.547. The van der Waals surface area contributed by atoms with E-state index < -0.39 is 0 Å². The first kappa shape index (κ1) is 28.9. The van der Waals surface area contributed by atoms with Crippen LogP contribution < -0.4 is 0 Å². The quantitative estimate of drug-likeness (QED) is 0.172.